The van der Waals surface area contributed by atoms with Gasteiger partial charge in [-0.2, -0.15) is 5.48 Å². The Bertz CT molecular complexity index is 1200. The Morgan fingerprint density at radius 1 is 0.900 bits per heavy atom. The second-order valence-corrected chi connectivity index (χ2v) is 17.7. The van der Waals surface area contributed by atoms with Crippen LogP contribution in [0.4, 0.5) is 0 Å². The molecule has 5 aliphatic carbocycles. The molecule has 0 spiro atoms. The third-order valence-electron chi connectivity index (χ3n) is 14.9. The molecule has 11 nitrogen and oxygen atoms in total. The van der Waals surface area contributed by atoms with Crippen LogP contribution in [0.15, 0.2) is 0 Å². The van der Waals surface area contributed by atoms with Crippen LogP contribution < -0.4 is 10.8 Å². The first-order valence-electron chi connectivity index (χ1n) is 19.5. The Kier molecular flexibility index (Phi) is 12.9. The van der Waals surface area contributed by atoms with Gasteiger partial charge in [-0.15, -0.1) is 0 Å². The number of ether oxygens (including phenoxy) is 1. The molecule has 11 heteroatoms. The summed E-state index contributed by atoms with van der Waals surface area (Å²) in [5.74, 6) is 2.55. The molecule has 0 aromatic rings. The molecule has 5 fully saturated rings. The van der Waals surface area contributed by atoms with E-state index in [1.807, 2.05) is 0 Å². The molecule has 0 aromatic heterocycles. The molecule has 0 saturated heterocycles. The number of carbonyl (C=O) groups excluding carboxylic acids is 2. The number of aliphatic hydroxyl groups is 1. The highest BCUT2D eigenvalue weighted by Gasteiger charge is 2.67. The second-order valence-electron chi connectivity index (χ2n) is 17.7. The molecular weight excluding hydrogens is 640 g/mol. The number of fused-ring (bicyclic) bond motifs is 7. The van der Waals surface area contributed by atoms with E-state index in [-0.39, 0.29) is 55.8 Å². The molecule has 5 saturated carbocycles. The third kappa shape index (κ3) is 8.32. The van der Waals surface area contributed by atoms with Crippen LogP contribution in [0.5, 0.6) is 0 Å². The predicted molar refractivity (Wildman–Crippen MR) is 187 cm³/mol. The number of carbonyl (C=O) groups is 4. The molecular formula is C39H64N2O9. The van der Waals surface area contributed by atoms with Gasteiger partial charge in [-0.05, 0) is 142 Å². The van der Waals surface area contributed by atoms with Crippen molar-refractivity contribution >= 4 is 24.5 Å². The first kappa shape index (κ1) is 39.3. The summed E-state index contributed by atoms with van der Waals surface area (Å²) in [6, 6.07) is -1.14. The topological polar surface area (TPSA) is 171 Å². The maximum Gasteiger partial charge on any atom is 0.303 e. The lowest BCUT2D eigenvalue weighted by atomic mass is 9.44. The van der Waals surface area contributed by atoms with Crippen LogP contribution in [0.25, 0.3) is 0 Å². The SMILES string of the molecule is CC(CC[C@@]1(O)CC2CC3C4CCC5CC(OCN[C@@H](C=O)CCC(=O)O)CCC5(C)C4CCC3(C)C2C1C)CON[C@@H](C=O)CCC(=O)O. The smallest absolute Gasteiger partial charge is 0.303 e. The molecule has 14 atom stereocenters. The number of carboxylic acids is 2. The second kappa shape index (κ2) is 16.4. The number of rotatable bonds is 19. The Balaban J connectivity index is 1.11. The van der Waals surface area contributed by atoms with E-state index >= 15 is 0 Å². The van der Waals surface area contributed by atoms with Crippen molar-refractivity contribution in [1.29, 1.82) is 0 Å². The number of hydrogen-bond donors (Lipinski definition) is 5. The zero-order valence-electron chi connectivity index (χ0n) is 30.8. The van der Waals surface area contributed by atoms with Crippen molar-refractivity contribution in [3.8, 4) is 0 Å². The van der Waals surface area contributed by atoms with Gasteiger partial charge in [-0.1, -0.05) is 27.7 Å². The summed E-state index contributed by atoms with van der Waals surface area (Å²) in [4.78, 5) is 49.9. The summed E-state index contributed by atoms with van der Waals surface area (Å²) < 4.78 is 6.22. The number of hydrogen-bond acceptors (Lipinski definition) is 9. The summed E-state index contributed by atoms with van der Waals surface area (Å²) in [6.07, 6.45) is 13.9. The standard InChI is InChI=1S/C39H64N2O9/c1-24(22-50-41-29(21-43)7-10-35(46)47)11-16-39(48)19-26-17-33-31-8-5-27-18-30(49-23-40-28(20-42)6-9-34(44)45)12-14-37(27,3)32(31)13-15-38(33,4)36(26)25(39)2/h20-21,24-33,36,40-41,48H,5-19,22-23H2,1-4H3,(H,44,45)(H,46,47)/t24?,25?,26?,27?,28-,29-,30?,31?,32?,33?,36?,37?,38?,39-/m1/s1. The Morgan fingerprint density at radius 3 is 2.26 bits per heavy atom. The summed E-state index contributed by atoms with van der Waals surface area (Å²) in [5.41, 5.74) is 2.62. The zero-order valence-corrected chi connectivity index (χ0v) is 30.8. The minimum atomic E-state index is -0.940. The van der Waals surface area contributed by atoms with E-state index in [0.717, 1.165) is 56.1 Å². The average molecular weight is 705 g/mol. The average Bonchev–Trinajstić information content (AvgIpc) is 3.51. The molecule has 5 aliphatic rings. The number of carboxylic acid groups (broad SMARTS) is 2. The van der Waals surface area contributed by atoms with Crippen molar-refractivity contribution in [2.75, 3.05) is 13.3 Å². The fraction of sp³-hybridized carbons (Fsp3) is 0.897. The summed E-state index contributed by atoms with van der Waals surface area (Å²) in [7, 11) is 0. The fourth-order valence-corrected chi connectivity index (χ4v) is 12.2. The predicted octanol–water partition coefficient (Wildman–Crippen LogP) is 5.38. The lowest BCUT2D eigenvalue weighted by Gasteiger charge is -2.61. The van der Waals surface area contributed by atoms with Crippen molar-refractivity contribution in [2.24, 2.45) is 58.2 Å². The van der Waals surface area contributed by atoms with E-state index in [1.165, 1.54) is 38.5 Å². The van der Waals surface area contributed by atoms with Gasteiger partial charge in [-0.3, -0.25) is 14.9 Å². The van der Waals surface area contributed by atoms with E-state index in [4.69, 9.17) is 19.8 Å². The number of nitrogens with one attached hydrogen (secondary N) is 2. The zero-order chi connectivity index (χ0) is 36.3. The van der Waals surface area contributed by atoms with Gasteiger partial charge in [0, 0.05) is 12.8 Å². The van der Waals surface area contributed by atoms with Gasteiger partial charge in [-0.25, -0.2) is 0 Å². The minimum Gasteiger partial charge on any atom is -0.481 e. The highest BCUT2D eigenvalue weighted by Crippen LogP contribution is 2.72. The first-order chi connectivity index (χ1) is 23.7. The van der Waals surface area contributed by atoms with Crippen LogP contribution in [0.2, 0.25) is 0 Å². The van der Waals surface area contributed by atoms with E-state index in [1.54, 1.807) is 0 Å². The third-order valence-corrected chi connectivity index (χ3v) is 14.9. The van der Waals surface area contributed by atoms with Gasteiger partial charge in [0.2, 0.25) is 0 Å². The molecule has 0 amide bonds. The molecule has 5 rings (SSSR count). The Hall–Kier alpha value is -1.92. The van der Waals surface area contributed by atoms with Crippen LogP contribution in [-0.4, -0.2) is 77.0 Å². The fourth-order valence-electron chi connectivity index (χ4n) is 12.2. The minimum absolute atomic E-state index is 0.0382. The Labute approximate surface area is 298 Å². The number of aliphatic carboxylic acids is 2. The van der Waals surface area contributed by atoms with Crippen LogP contribution in [0, 0.1) is 58.2 Å². The van der Waals surface area contributed by atoms with Gasteiger partial charge in [0.1, 0.15) is 12.6 Å². The van der Waals surface area contributed by atoms with E-state index < -0.39 is 29.6 Å². The maximum atomic E-state index is 12.1. The molecule has 0 aromatic carbocycles. The lowest BCUT2D eigenvalue weighted by Crippen LogP contribution is -2.55. The summed E-state index contributed by atoms with van der Waals surface area (Å²) in [6.45, 7) is 10.2. The molecule has 0 bridgehead atoms. The van der Waals surface area contributed by atoms with Crippen molar-refractivity contribution in [3.05, 3.63) is 0 Å². The van der Waals surface area contributed by atoms with Crippen molar-refractivity contribution in [1.82, 2.24) is 10.8 Å². The van der Waals surface area contributed by atoms with E-state index in [0.29, 0.717) is 36.1 Å². The van der Waals surface area contributed by atoms with Gasteiger partial charge in [0.05, 0.1) is 37.1 Å². The van der Waals surface area contributed by atoms with Crippen molar-refractivity contribution in [2.45, 2.75) is 148 Å². The highest BCUT2D eigenvalue weighted by atomic mass is 16.6. The van der Waals surface area contributed by atoms with Crippen LogP contribution in [0.3, 0.4) is 0 Å². The summed E-state index contributed by atoms with van der Waals surface area (Å²) >= 11 is 0. The van der Waals surface area contributed by atoms with Crippen molar-refractivity contribution in [3.63, 3.8) is 0 Å². The highest BCUT2D eigenvalue weighted by molar-refractivity contribution is 5.68. The molecule has 0 heterocycles. The molecule has 0 radical (unpaired) electrons. The van der Waals surface area contributed by atoms with Gasteiger partial charge in [0.25, 0.3) is 0 Å². The van der Waals surface area contributed by atoms with Crippen LogP contribution in [0.1, 0.15) is 124 Å². The normalized spacial score (nSPS) is 40.8. The number of aldehydes is 2. The van der Waals surface area contributed by atoms with Gasteiger partial charge in [0.15, 0.2) is 0 Å². The quantitative estimate of drug-likeness (QED) is 0.0665. The van der Waals surface area contributed by atoms with E-state index in [2.05, 4.69) is 38.5 Å². The molecule has 50 heavy (non-hydrogen) atoms. The molecule has 11 unspecified atom stereocenters. The molecule has 5 N–H and O–H groups in total. The monoisotopic (exact) mass is 704 g/mol. The van der Waals surface area contributed by atoms with Gasteiger partial charge < -0.3 is 34.5 Å². The van der Waals surface area contributed by atoms with Crippen LogP contribution >= 0.6 is 0 Å². The lowest BCUT2D eigenvalue weighted by molar-refractivity contribution is -0.143. The molecule has 284 valence electrons. The van der Waals surface area contributed by atoms with Gasteiger partial charge >= 0.3 is 11.9 Å². The Morgan fingerprint density at radius 2 is 1.58 bits per heavy atom. The first-order valence-corrected chi connectivity index (χ1v) is 19.5. The summed E-state index contributed by atoms with van der Waals surface area (Å²) in [5, 5.41) is 33.0. The largest absolute Gasteiger partial charge is 0.481 e. The number of hydroxylamine groups is 1. The van der Waals surface area contributed by atoms with Crippen LogP contribution in [-0.2, 0) is 28.8 Å². The van der Waals surface area contributed by atoms with Crippen molar-refractivity contribution < 1.29 is 44.1 Å². The molecule has 0 aliphatic heterocycles. The van der Waals surface area contributed by atoms with E-state index in [9.17, 15) is 24.3 Å². The maximum absolute atomic E-state index is 12.1.